The molecule has 1 aliphatic rings. The first-order chi connectivity index (χ1) is 8.16. The van der Waals surface area contributed by atoms with Gasteiger partial charge in [0, 0.05) is 23.2 Å². The van der Waals surface area contributed by atoms with Crippen molar-refractivity contribution in [1.29, 1.82) is 0 Å². The van der Waals surface area contributed by atoms with Crippen LogP contribution in [0.3, 0.4) is 0 Å². The molecule has 2 N–H and O–H groups in total. The van der Waals surface area contributed by atoms with Crippen LogP contribution in [0.4, 0.5) is 8.78 Å². The number of fused-ring (bicyclic) bond motifs is 1. The zero-order valence-electron chi connectivity index (χ0n) is 9.27. The number of thioether (sulfide) groups is 1. The number of aliphatic hydroxyl groups excluding tert-OH is 1. The number of halogens is 2. The summed E-state index contributed by atoms with van der Waals surface area (Å²) in [5, 5.41) is 12.2. The van der Waals surface area contributed by atoms with Crippen LogP contribution in [-0.4, -0.2) is 36.0 Å². The van der Waals surface area contributed by atoms with Crippen molar-refractivity contribution in [1.82, 2.24) is 5.32 Å². The van der Waals surface area contributed by atoms with Crippen molar-refractivity contribution in [3.63, 3.8) is 0 Å². The highest BCUT2D eigenvalue weighted by Gasteiger charge is 2.22. The Balaban J connectivity index is 1.73. The quantitative estimate of drug-likeness (QED) is 0.847. The predicted molar refractivity (Wildman–Crippen MR) is 64.7 cm³/mol. The van der Waals surface area contributed by atoms with Crippen molar-refractivity contribution in [2.24, 2.45) is 0 Å². The smallest absolute Gasteiger partial charge is 0.265 e. The average Bonchev–Trinajstić information content (AvgIpc) is 2.71. The summed E-state index contributed by atoms with van der Waals surface area (Å²) < 4.78 is 24.1. The van der Waals surface area contributed by atoms with Gasteiger partial charge in [0.25, 0.3) is 6.43 Å². The largest absolute Gasteiger partial charge is 0.386 e. The van der Waals surface area contributed by atoms with Crippen molar-refractivity contribution in [2.75, 3.05) is 13.1 Å². The Labute approximate surface area is 103 Å². The monoisotopic (exact) mass is 259 g/mol. The SMILES string of the molecule is OC(CNCC1Cc2ccccc2S1)C(F)F. The van der Waals surface area contributed by atoms with Crippen LogP contribution in [0, 0.1) is 0 Å². The van der Waals surface area contributed by atoms with E-state index in [-0.39, 0.29) is 6.54 Å². The fourth-order valence-electron chi connectivity index (χ4n) is 1.85. The second-order valence-electron chi connectivity index (χ2n) is 4.11. The molecule has 0 aromatic heterocycles. The van der Waals surface area contributed by atoms with Crippen LogP contribution in [0.1, 0.15) is 5.56 Å². The molecule has 1 aromatic rings. The maximum atomic E-state index is 12.0. The number of benzene rings is 1. The molecule has 0 fully saturated rings. The lowest BCUT2D eigenvalue weighted by atomic mass is 10.1. The first-order valence-electron chi connectivity index (χ1n) is 5.58. The second-order valence-corrected chi connectivity index (χ2v) is 5.45. The van der Waals surface area contributed by atoms with Gasteiger partial charge in [-0.1, -0.05) is 18.2 Å². The highest BCUT2D eigenvalue weighted by atomic mass is 32.2. The number of nitrogens with one attached hydrogen (secondary N) is 1. The van der Waals surface area contributed by atoms with E-state index in [0.717, 1.165) is 6.42 Å². The lowest BCUT2D eigenvalue weighted by Gasteiger charge is -2.13. The molecule has 0 aliphatic carbocycles. The zero-order chi connectivity index (χ0) is 12.3. The Hall–Kier alpha value is -0.650. The molecule has 1 aliphatic heterocycles. The lowest BCUT2D eigenvalue weighted by Crippen LogP contribution is -2.35. The topological polar surface area (TPSA) is 32.3 Å². The van der Waals surface area contributed by atoms with Crippen LogP contribution in [0.5, 0.6) is 0 Å². The molecule has 2 unspecified atom stereocenters. The average molecular weight is 259 g/mol. The Morgan fingerprint density at radius 1 is 1.41 bits per heavy atom. The summed E-state index contributed by atoms with van der Waals surface area (Å²) in [6.07, 6.45) is -3.28. The summed E-state index contributed by atoms with van der Waals surface area (Å²) in [6, 6.07) is 8.18. The summed E-state index contributed by atoms with van der Waals surface area (Å²) in [6.45, 7) is 0.591. The van der Waals surface area contributed by atoms with E-state index in [1.54, 1.807) is 11.8 Å². The first-order valence-corrected chi connectivity index (χ1v) is 6.46. The molecular formula is C12H15F2NOS. The maximum absolute atomic E-state index is 12.0. The lowest BCUT2D eigenvalue weighted by molar-refractivity contribution is -0.00310. The van der Waals surface area contributed by atoms with Crippen LogP contribution in [0.2, 0.25) is 0 Å². The minimum atomic E-state index is -2.67. The molecule has 0 saturated carbocycles. The van der Waals surface area contributed by atoms with E-state index in [1.165, 1.54) is 10.5 Å². The molecule has 2 rings (SSSR count). The predicted octanol–water partition coefficient (Wildman–Crippen LogP) is 1.92. The molecule has 0 bridgehead atoms. The number of hydrogen-bond donors (Lipinski definition) is 2. The summed E-state index contributed by atoms with van der Waals surface area (Å²) in [7, 11) is 0. The van der Waals surface area contributed by atoms with Crippen molar-refractivity contribution in [3.8, 4) is 0 Å². The number of rotatable bonds is 5. The number of aliphatic hydroxyl groups is 1. The first kappa shape index (κ1) is 12.8. The molecular weight excluding hydrogens is 244 g/mol. The van der Waals surface area contributed by atoms with Gasteiger partial charge in [0.05, 0.1) is 0 Å². The van der Waals surface area contributed by atoms with E-state index in [2.05, 4.69) is 17.4 Å². The molecule has 2 nitrogen and oxygen atoms in total. The molecule has 2 atom stereocenters. The van der Waals surface area contributed by atoms with E-state index in [9.17, 15) is 8.78 Å². The fourth-order valence-corrected chi connectivity index (χ4v) is 3.13. The molecule has 0 spiro atoms. The van der Waals surface area contributed by atoms with Crippen molar-refractivity contribution in [3.05, 3.63) is 29.8 Å². The van der Waals surface area contributed by atoms with Gasteiger partial charge in [-0.25, -0.2) is 8.78 Å². The molecule has 1 aromatic carbocycles. The van der Waals surface area contributed by atoms with E-state index >= 15 is 0 Å². The summed E-state index contributed by atoms with van der Waals surface area (Å²) in [4.78, 5) is 1.27. The van der Waals surface area contributed by atoms with Gasteiger partial charge in [0.2, 0.25) is 0 Å². The van der Waals surface area contributed by atoms with Crippen molar-refractivity contribution < 1.29 is 13.9 Å². The molecule has 0 saturated heterocycles. The summed E-state index contributed by atoms with van der Waals surface area (Å²) in [5.41, 5.74) is 1.32. The molecule has 17 heavy (non-hydrogen) atoms. The maximum Gasteiger partial charge on any atom is 0.265 e. The summed E-state index contributed by atoms with van der Waals surface area (Å²) in [5.74, 6) is 0. The van der Waals surface area contributed by atoms with Gasteiger partial charge in [-0.05, 0) is 18.1 Å². The Morgan fingerprint density at radius 2 is 2.18 bits per heavy atom. The van der Waals surface area contributed by atoms with Crippen LogP contribution < -0.4 is 5.32 Å². The molecule has 5 heteroatoms. The molecule has 0 amide bonds. The van der Waals surface area contributed by atoms with Gasteiger partial charge in [0.15, 0.2) is 0 Å². The minimum absolute atomic E-state index is 0.0505. The van der Waals surface area contributed by atoms with Crippen LogP contribution in [0.15, 0.2) is 29.2 Å². The fraction of sp³-hybridized carbons (Fsp3) is 0.500. The van der Waals surface area contributed by atoms with Crippen LogP contribution in [0.25, 0.3) is 0 Å². The van der Waals surface area contributed by atoms with Gasteiger partial charge >= 0.3 is 0 Å². The van der Waals surface area contributed by atoms with Gasteiger partial charge in [0.1, 0.15) is 6.10 Å². The number of hydrogen-bond acceptors (Lipinski definition) is 3. The van der Waals surface area contributed by atoms with Gasteiger partial charge in [-0.2, -0.15) is 0 Å². The molecule has 0 radical (unpaired) electrons. The van der Waals surface area contributed by atoms with E-state index < -0.39 is 12.5 Å². The van der Waals surface area contributed by atoms with E-state index in [0.29, 0.717) is 11.8 Å². The van der Waals surface area contributed by atoms with Crippen LogP contribution in [-0.2, 0) is 6.42 Å². The standard InChI is InChI=1S/C12H15F2NOS/c13-12(14)10(16)7-15-6-9-5-8-3-1-2-4-11(8)17-9/h1-4,9-10,12,15-16H,5-7H2. The third-order valence-corrected chi connectivity index (χ3v) is 4.05. The zero-order valence-corrected chi connectivity index (χ0v) is 10.1. The Bertz CT molecular complexity index is 350. The van der Waals surface area contributed by atoms with Crippen molar-refractivity contribution in [2.45, 2.75) is 29.1 Å². The second kappa shape index (κ2) is 5.80. The van der Waals surface area contributed by atoms with Crippen molar-refractivity contribution >= 4 is 11.8 Å². The molecule has 1 heterocycles. The van der Waals surface area contributed by atoms with E-state index in [1.807, 2.05) is 12.1 Å². The third kappa shape index (κ3) is 3.40. The number of alkyl halides is 2. The summed E-state index contributed by atoms with van der Waals surface area (Å²) >= 11 is 1.76. The van der Waals surface area contributed by atoms with Gasteiger partial charge in [-0.15, -0.1) is 11.8 Å². The highest BCUT2D eigenvalue weighted by molar-refractivity contribution is 8.00. The molecule has 94 valence electrons. The van der Waals surface area contributed by atoms with Gasteiger partial charge in [-0.3, -0.25) is 0 Å². The van der Waals surface area contributed by atoms with E-state index in [4.69, 9.17) is 5.11 Å². The minimum Gasteiger partial charge on any atom is -0.386 e. The Morgan fingerprint density at radius 3 is 2.88 bits per heavy atom. The third-order valence-electron chi connectivity index (χ3n) is 2.73. The van der Waals surface area contributed by atoms with Gasteiger partial charge < -0.3 is 10.4 Å². The highest BCUT2D eigenvalue weighted by Crippen LogP contribution is 2.36. The Kier molecular flexibility index (Phi) is 4.36. The normalized spacial score (nSPS) is 20.6. The van der Waals surface area contributed by atoms with Crippen LogP contribution >= 0.6 is 11.8 Å².